The van der Waals surface area contributed by atoms with Crippen molar-refractivity contribution >= 4 is 28.4 Å². The first-order valence-electron chi connectivity index (χ1n) is 13.0. The summed E-state index contributed by atoms with van der Waals surface area (Å²) in [4.78, 5) is 47.8. The highest BCUT2D eigenvalue weighted by molar-refractivity contribution is 6.23. The summed E-state index contributed by atoms with van der Waals surface area (Å²) >= 11 is 0. The zero-order chi connectivity index (χ0) is 28.1. The van der Waals surface area contributed by atoms with Crippen LogP contribution in [0.25, 0.3) is 16.6 Å². The van der Waals surface area contributed by atoms with Gasteiger partial charge in [0.05, 0.1) is 39.7 Å². The number of nitrogens with zero attached hydrogens (tertiary/aromatic N) is 3. The number of hydrogen-bond acceptors (Lipinski definition) is 5. The van der Waals surface area contributed by atoms with E-state index in [2.05, 4.69) is 5.32 Å². The van der Waals surface area contributed by atoms with Gasteiger partial charge in [-0.05, 0) is 36.2 Å². The van der Waals surface area contributed by atoms with Gasteiger partial charge in [-0.15, -0.1) is 0 Å². The molecular weight excluding hydrogens is 521 g/mol. The fourth-order valence-corrected chi connectivity index (χ4v) is 6.87. The number of halogens is 3. The van der Waals surface area contributed by atoms with Crippen LogP contribution >= 0.6 is 0 Å². The molecule has 2 fully saturated rings. The number of benzene rings is 3. The molecule has 3 aromatic carbocycles. The number of nitrogens with one attached hydrogen (secondary N) is 1. The average molecular weight is 545 g/mol. The van der Waals surface area contributed by atoms with Crippen LogP contribution in [0.4, 0.5) is 18.9 Å². The Balaban J connectivity index is 1.53. The summed E-state index contributed by atoms with van der Waals surface area (Å²) in [5.41, 5.74) is -1.76. The molecule has 4 aromatic rings. The van der Waals surface area contributed by atoms with Crippen LogP contribution < -0.4 is 15.8 Å². The molecule has 2 saturated heterocycles. The minimum atomic E-state index is -4.78. The number of anilines is 1. The highest BCUT2D eigenvalue weighted by Crippen LogP contribution is 2.57. The normalized spacial score (nSPS) is 25.2. The molecule has 202 valence electrons. The summed E-state index contributed by atoms with van der Waals surface area (Å²) in [5, 5.41) is 3.93. The fraction of sp³-hybridized carbons (Fsp3) is 0.267. The second-order valence-electron chi connectivity index (χ2n) is 10.9. The highest BCUT2D eigenvalue weighted by atomic mass is 19.4. The standard InChI is InChI=1S/C30H23F3N4O3/c1-15(2)24-22-23(27(40)36(26(22)39)21-14-8-5-11-18(21)30(31,32)33)29(35-24)17-10-4-7-13-20(17)37-25(38)16-9-3-6-12-19(16)34-28(29)37/h3-15,22-24,35H,1-2H3/t22-,23-,24-,29-/m1/s1. The minimum absolute atomic E-state index is 0.171. The first-order chi connectivity index (χ1) is 19.1. The number of alkyl halides is 3. The van der Waals surface area contributed by atoms with E-state index in [0.717, 1.165) is 12.1 Å². The maximum Gasteiger partial charge on any atom is 0.418 e. The minimum Gasteiger partial charge on any atom is -0.296 e. The molecule has 3 aliphatic rings. The van der Waals surface area contributed by atoms with Gasteiger partial charge < -0.3 is 0 Å². The van der Waals surface area contributed by atoms with Crippen LogP contribution in [-0.4, -0.2) is 27.4 Å². The number of carbonyl (C=O) groups excluding carboxylic acids is 2. The van der Waals surface area contributed by atoms with Crippen molar-refractivity contribution in [2.45, 2.75) is 31.6 Å². The largest absolute Gasteiger partial charge is 0.418 e. The zero-order valence-corrected chi connectivity index (χ0v) is 21.4. The maximum atomic E-state index is 14.4. The van der Waals surface area contributed by atoms with Crippen molar-refractivity contribution in [3.8, 4) is 5.69 Å². The summed E-state index contributed by atoms with van der Waals surface area (Å²) in [6.45, 7) is 3.78. The van der Waals surface area contributed by atoms with Crippen LogP contribution in [-0.2, 0) is 21.3 Å². The Bertz CT molecular complexity index is 1810. The lowest BCUT2D eigenvalue weighted by atomic mass is 9.75. The summed E-state index contributed by atoms with van der Waals surface area (Å²) in [5.74, 6) is -3.48. The van der Waals surface area contributed by atoms with Crippen molar-refractivity contribution in [3.05, 3.63) is 100 Å². The first kappa shape index (κ1) is 24.7. The Morgan fingerprint density at radius 2 is 1.52 bits per heavy atom. The Labute approximate surface area is 226 Å². The molecule has 1 spiro atoms. The van der Waals surface area contributed by atoms with Gasteiger partial charge in [0.15, 0.2) is 0 Å². The first-order valence-corrected chi connectivity index (χ1v) is 13.0. The molecule has 1 N–H and O–H groups in total. The SMILES string of the molecule is CC(C)[C@H]1N[C@]2(c3ccccc3-n3c2nc2ccccc2c3=O)[C@H]2C(=O)N(c3ccccc3C(F)(F)F)C(=O)[C@@H]12. The zero-order valence-electron chi connectivity index (χ0n) is 21.4. The predicted molar refractivity (Wildman–Crippen MR) is 141 cm³/mol. The molecule has 40 heavy (non-hydrogen) atoms. The van der Waals surface area contributed by atoms with E-state index < -0.39 is 52.7 Å². The third-order valence-electron chi connectivity index (χ3n) is 8.47. The third-order valence-corrected chi connectivity index (χ3v) is 8.47. The molecule has 0 saturated carbocycles. The van der Waals surface area contributed by atoms with Crippen LogP contribution in [0, 0.1) is 17.8 Å². The Morgan fingerprint density at radius 3 is 2.25 bits per heavy atom. The van der Waals surface area contributed by atoms with Crippen molar-refractivity contribution in [1.82, 2.24) is 14.9 Å². The van der Waals surface area contributed by atoms with E-state index in [-0.39, 0.29) is 17.3 Å². The number of hydrogen-bond donors (Lipinski definition) is 1. The second-order valence-corrected chi connectivity index (χ2v) is 10.9. The molecule has 2 amide bonds. The van der Waals surface area contributed by atoms with Gasteiger partial charge in [0.1, 0.15) is 11.4 Å². The topological polar surface area (TPSA) is 84.3 Å². The van der Waals surface area contributed by atoms with Gasteiger partial charge in [-0.25, -0.2) is 9.88 Å². The molecule has 1 aromatic heterocycles. The van der Waals surface area contributed by atoms with E-state index in [4.69, 9.17) is 4.98 Å². The molecule has 0 unspecified atom stereocenters. The van der Waals surface area contributed by atoms with Gasteiger partial charge in [-0.1, -0.05) is 56.3 Å². The second kappa shape index (κ2) is 8.11. The number of carbonyl (C=O) groups is 2. The van der Waals surface area contributed by atoms with E-state index in [0.29, 0.717) is 27.1 Å². The Kier molecular flexibility index (Phi) is 5.01. The van der Waals surface area contributed by atoms with Crippen molar-refractivity contribution < 1.29 is 22.8 Å². The number of para-hydroxylation sites is 3. The van der Waals surface area contributed by atoms with Gasteiger partial charge >= 0.3 is 6.18 Å². The highest BCUT2D eigenvalue weighted by Gasteiger charge is 2.70. The fourth-order valence-electron chi connectivity index (χ4n) is 6.87. The van der Waals surface area contributed by atoms with Gasteiger partial charge in [0.2, 0.25) is 11.8 Å². The molecule has 7 nitrogen and oxygen atoms in total. The number of aromatic nitrogens is 2. The van der Waals surface area contributed by atoms with Crippen molar-refractivity contribution in [2.24, 2.45) is 17.8 Å². The summed E-state index contributed by atoms with van der Waals surface area (Å²) in [6.07, 6.45) is -4.78. The summed E-state index contributed by atoms with van der Waals surface area (Å²) < 4.78 is 43.5. The third kappa shape index (κ3) is 2.99. The van der Waals surface area contributed by atoms with E-state index in [1.54, 1.807) is 48.5 Å². The summed E-state index contributed by atoms with van der Waals surface area (Å²) in [6, 6.07) is 18.0. The van der Waals surface area contributed by atoms with Crippen LogP contribution in [0.15, 0.2) is 77.6 Å². The van der Waals surface area contributed by atoms with Crippen molar-refractivity contribution in [1.29, 1.82) is 0 Å². The smallest absolute Gasteiger partial charge is 0.296 e. The van der Waals surface area contributed by atoms with Gasteiger partial charge in [0.25, 0.3) is 5.56 Å². The molecule has 7 rings (SSSR count). The van der Waals surface area contributed by atoms with Crippen molar-refractivity contribution in [3.63, 3.8) is 0 Å². The molecule has 0 bridgehead atoms. The lowest BCUT2D eigenvalue weighted by molar-refractivity contribution is -0.137. The maximum absolute atomic E-state index is 14.4. The van der Waals surface area contributed by atoms with E-state index in [9.17, 15) is 27.6 Å². The average Bonchev–Trinajstić information content (AvgIpc) is 3.52. The molecule has 3 aliphatic heterocycles. The van der Waals surface area contributed by atoms with Crippen LogP contribution in [0.3, 0.4) is 0 Å². The van der Waals surface area contributed by atoms with E-state index in [1.807, 2.05) is 13.8 Å². The predicted octanol–water partition coefficient (Wildman–Crippen LogP) is 4.40. The van der Waals surface area contributed by atoms with Crippen LogP contribution in [0.1, 0.15) is 30.8 Å². The van der Waals surface area contributed by atoms with E-state index >= 15 is 0 Å². The molecular formula is C30H23F3N4O3. The number of fused-ring (bicyclic) bond motifs is 8. The van der Waals surface area contributed by atoms with Gasteiger partial charge in [0, 0.05) is 11.6 Å². The number of rotatable bonds is 2. The van der Waals surface area contributed by atoms with Gasteiger partial charge in [-0.3, -0.25) is 24.3 Å². The van der Waals surface area contributed by atoms with E-state index in [1.165, 1.54) is 16.7 Å². The van der Waals surface area contributed by atoms with Crippen LogP contribution in [0.5, 0.6) is 0 Å². The Hall–Kier alpha value is -4.31. The monoisotopic (exact) mass is 544 g/mol. The Morgan fingerprint density at radius 1 is 0.875 bits per heavy atom. The lowest BCUT2D eigenvalue weighted by Gasteiger charge is -2.32. The van der Waals surface area contributed by atoms with Crippen LogP contribution in [0.2, 0.25) is 0 Å². The number of imide groups is 1. The quantitative estimate of drug-likeness (QED) is 0.379. The molecule has 10 heteroatoms. The van der Waals surface area contributed by atoms with Crippen molar-refractivity contribution in [2.75, 3.05) is 4.90 Å². The molecule has 4 heterocycles. The molecule has 4 atom stereocenters. The summed E-state index contributed by atoms with van der Waals surface area (Å²) in [7, 11) is 0. The molecule has 0 aliphatic carbocycles. The van der Waals surface area contributed by atoms with Gasteiger partial charge in [-0.2, -0.15) is 13.2 Å². The lowest BCUT2D eigenvalue weighted by Crippen LogP contribution is -2.51. The number of amides is 2. The molecule has 0 radical (unpaired) electrons.